The number of aromatic nitrogens is 2. The van der Waals surface area contributed by atoms with Crippen LogP contribution in [0.2, 0.25) is 0 Å². The van der Waals surface area contributed by atoms with Crippen LogP contribution in [0.4, 0.5) is 5.82 Å². The molecule has 31 heavy (non-hydrogen) atoms. The van der Waals surface area contributed by atoms with Crippen molar-refractivity contribution in [2.75, 3.05) is 33.1 Å². The Balaban J connectivity index is 0.000000337. The van der Waals surface area contributed by atoms with E-state index in [4.69, 9.17) is 4.74 Å². The molecular formula is C25H36N4O2. The van der Waals surface area contributed by atoms with Gasteiger partial charge in [-0.1, -0.05) is 39.3 Å². The Morgan fingerprint density at radius 3 is 2.29 bits per heavy atom. The molecule has 1 N–H and O–H groups in total. The first kappa shape index (κ1) is 26.0. The van der Waals surface area contributed by atoms with Crippen LogP contribution in [-0.4, -0.2) is 48.9 Å². The summed E-state index contributed by atoms with van der Waals surface area (Å²) in [5.41, 5.74) is 1.68. The maximum Gasteiger partial charge on any atom is 0.150 e. The second-order valence-electron chi connectivity index (χ2n) is 6.91. The molecule has 0 aliphatic rings. The van der Waals surface area contributed by atoms with Crippen LogP contribution in [0, 0.1) is 0 Å². The number of anilines is 1. The molecule has 0 fully saturated rings. The molecule has 0 saturated carbocycles. The molecule has 0 bridgehead atoms. The number of nitrogens with zero attached hydrogens (tertiary/aromatic N) is 3. The Bertz CT molecular complexity index is 896. The highest BCUT2D eigenvalue weighted by Gasteiger charge is 2.07. The van der Waals surface area contributed by atoms with E-state index >= 15 is 0 Å². The largest absolute Gasteiger partial charge is 0.497 e. The molecule has 3 rings (SSSR count). The predicted octanol–water partition coefficient (Wildman–Crippen LogP) is 5.44. The van der Waals surface area contributed by atoms with Gasteiger partial charge in [0.2, 0.25) is 0 Å². The van der Waals surface area contributed by atoms with E-state index in [1.165, 1.54) is 6.42 Å². The summed E-state index contributed by atoms with van der Waals surface area (Å²) in [5.74, 6) is 2.59. The number of para-hydroxylation sites is 1. The minimum atomic E-state index is 0.667. The number of unbranched alkanes of at least 4 members (excludes halogenated alkanes) is 1. The third-order valence-electron chi connectivity index (χ3n) is 4.18. The van der Waals surface area contributed by atoms with Crippen molar-refractivity contribution in [3.05, 3.63) is 59.9 Å². The van der Waals surface area contributed by atoms with E-state index in [0.29, 0.717) is 5.56 Å². The van der Waals surface area contributed by atoms with Crippen LogP contribution in [0.3, 0.4) is 0 Å². The number of ether oxygens (including phenoxy) is 1. The maximum absolute atomic E-state index is 10.2. The number of hydrogen-bond acceptors (Lipinski definition) is 6. The molecule has 1 heterocycles. The van der Waals surface area contributed by atoms with Gasteiger partial charge < -0.3 is 15.0 Å². The number of nitrogens with one attached hydrogen (secondary N) is 1. The fourth-order valence-electron chi connectivity index (χ4n) is 2.68. The van der Waals surface area contributed by atoms with Crippen molar-refractivity contribution in [3.8, 4) is 5.75 Å². The predicted molar refractivity (Wildman–Crippen MR) is 130 cm³/mol. The van der Waals surface area contributed by atoms with Gasteiger partial charge in [0, 0.05) is 17.5 Å². The molecule has 168 valence electrons. The molecule has 0 unspecified atom stereocenters. The van der Waals surface area contributed by atoms with E-state index in [1.807, 2.05) is 46.1 Å². The summed E-state index contributed by atoms with van der Waals surface area (Å²) in [6.07, 6.45) is 3.14. The van der Waals surface area contributed by atoms with Crippen molar-refractivity contribution >= 4 is 23.0 Å². The molecule has 0 aliphatic carbocycles. The van der Waals surface area contributed by atoms with Gasteiger partial charge in [-0.05, 0) is 56.9 Å². The maximum atomic E-state index is 10.2. The minimum absolute atomic E-state index is 0.667. The van der Waals surface area contributed by atoms with Crippen LogP contribution >= 0.6 is 0 Å². The summed E-state index contributed by atoms with van der Waals surface area (Å²) in [4.78, 5) is 21.5. The summed E-state index contributed by atoms with van der Waals surface area (Å²) < 4.78 is 4.90. The van der Waals surface area contributed by atoms with Crippen LogP contribution in [0.5, 0.6) is 5.75 Å². The van der Waals surface area contributed by atoms with Crippen molar-refractivity contribution < 1.29 is 9.53 Å². The number of aldehydes is 1. The molecule has 0 radical (unpaired) electrons. The molecule has 1 aromatic heterocycles. The fraction of sp³-hybridized carbons (Fsp3) is 0.400. The van der Waals surface area contributed by atoms with Crippen LogP contribution in [-0.2, 0) is 6.54 Å². The normalized spacial score (nSPS) is 9.90. The molecule has 2 aromatic carbocycles. The van der Waals surface area contributed by atoms with Gasteiger partial charge >= 0.3 is 0 Å². The molecular weight excluding hydrogens is 388 g/mol. The number of carbonyl (C=O) groups excluding carboxylic acids is 1. The van der Waals surface area contributed by atoms with Gasteiger partial charge in [0.05, 0.1) is 19.2 Å². The number of methoxy groups -OCH3 is 1. The Kier molecular flexibility index (Phi) is 12.5. The second kappa shape index (κ2) is 14.9. The zero-order valence-corrected chi connectivity index (χ0v) is 19.7. The first-order valence-electron chi connectivity index (χ1n) is 10.8. The SMILES string of the molecule is CC.CCCCNc1nc(CN(C)C)nc2ccccc12.COc1ccc(C=O)cc1. The van der Waals surface area contributed by atoms with Crippen LogP contribution < -0.4 is 10.1 Å². The summed E-state index contributed by atoms with van der Waals surface area (Å²) in [6, 6.07) is 15.1. The number of rotatable bonds is 8. The zero-order valence-electron chi connectivity index (χ0n) is 19.7. The van der Waals surface area contributed by atoms with Crippen molar-refractivity contribution in [1.82, 2.24) is 14.9 Å². The third-order valence-corrected chi connectivity index (χ3v) is 4.18. The first-order chi connectivity index (χ1) is 15.1. The molecule has 0 spiro atoms. The summed E-state index contributed by atoms with van der Waals surface area (Å²) in [6.45, 7) is 7.91. The van der Waals surface area contributed by atoms with Crippen molar-refractivity contribution in [3.63, 3.8) is 0 Å². The smallest absolute Gasteiger partial charge is 0.150 e. The Hall–Kier alpha value is -2.99. The van der Waals surface area contributed by atoms with Crippen LogP contribution in [0.25, 0.3) is 10.9 Å². The zero-order chi connectivity index (χ0) is 23.1. The van der Waals surface area contributed by atoms with E-state index in [0.717, 1.165) is 54.1 Å². The Morgan fingerprint density at radius 1 is 1.03 bits per heavy atom. The second-order valence-corrected chi connectivity index (χ2v) is 6.91. The summed E-state index contributed by atoms with van der Waals surface area (Å²) >= 11 is 0. The summed E-state index contributed by atoms with van der Waals surface area (Å²) in [5, 5.41) is 4.53. The van der Waals surface area contributed by atoms with Crippen LogP contribution in [0.1, 0.15) is 49.8 Å². The van der Waals surface area contributed by atoms with E-state index in [1.54, 1.807) is 31.4 Å². The third kappa shape index (κ3) is 9.13. The monoisotopic (exact) mass is 424 g/mol. The lowest BCUT2D eigenvalue weighted by Gasteiger charge is -2.13. The van der Waals surface area contributed by atoms with Gasteiger partial charge in [-0.3, -0.25) is 4.79 Å². The molecule has 6 heteroatoms. The Labute approximate surface area is 186 Å². The first-order valence-corrected chi connectivity index (χ1v) is 10.8. The molecule has 6 nitrogen and oxygen atoms in total. The van der Waals surface area contributed by atoms with Gasteiger partial charge in [-0.2, -0.15) is 0 Å². The number of carbonyl (C=O) groups is 1. The van der Waals surface area contributed by atoms with Gasteiger partial charge in [-0.25, -0.2) is 9.97 Å². The average molecular weight is 425 g/mol. The van der Waals surface area contributed by atoms with Gasteiger partial charge in [0.1, 0.15) is 23.7 Å². The van der Waals surface area contributed by atoms with E-state index in [2.05, 4.69) is 33.2 Å². The average Bonchev–Trinajstić information content (AvgIpc) is 2.80. The molecule has 0 atom stereocenters. The highest BCUT2D eigenvalue weighted by Crippen LogP contribution is 2.20. The lowest BCUT2D eigenvalue weighted by atomic mass is 10.2. The van der Waals surface area contributed by atoms with E-state index in [9.17, 15) is 4.79 Å². The highest BCUT2D eigenvalue weighted by atomic mass is 16.5. The molecule has 3 aromatic rings. The fourth-order valence-corrected chi connectivity index (χ4v) is 2.68. The highest BCUT2D eigenvalue weighted by molar-refractivity contribution is 5.88. The van der Waals surface area contributed by atoms with Crippen molar-refractivity contribution in [2.45, 2.75) is 40.2 Å². The lowest BCUT2D eigenvalue weighted by Crippen LogP contribution is -2.15. The van der Waals surface area contributed by atoms with Gasteiger partial charge in [-0.15, -0.1) is 0 Å². The number of hydrogen-bond donors (Lipinski definition) is 1. The molecule has 0 amide bonds. The van der Waals surface area contributed by atoms with Crippen molar-refractivity contribution in [2.24, 2.45) is 0 Å². The topological polar surface area (TPSA) is 67.3 Å². The van der Waals surface area contributed by atoms with Crippen molar-refractivity contribution in [1.29, 1.82) is 0 Å². The lowest BCUT2D eigenvalue weighted by molar-refractivity contribution is 0.112. The summed E-state index contributed by atoms with van der Waals surface area (Å²) in [7, 11) is 5.65. The van der Waals surface area contributed by atoms with Crippen LogP contribution in [0.15, 0.2) is 48.5 Å². The number of benzene rings is 2. The Morgan fingerprint density at radius 2 is 1.71 bits per heavy atom. The van der Waals surface area contributed by atoms with Gasteiger partial charge in [0.15, 0.2) is 0 Å². The van der Waals surface area contributed by atoms with E-state index in [-0.39, 0.29) is 0 Å². The molecule has 0 saturated heterocycles. The van der Waals surface area contributed by atoms with Gasteiger partial charge in [0.25, 0.3) is 0 Å². The quantitative estimate of drug-likeness (QED) is 0.384. The number of fused-ring (bicyclic) bond motifs is 1. The molecule has 0 aliphatic heterocycles. The standard InChI is InChI=1S/C15H22N4.C8H8O2.C2H6/c1-4-5-10-16-15-12-8-6-7-9-13(12)17-14(18-15)11-19(2)3;1-10-8-4-2-7(6-9)3-5-8;1-2/h6-9H,4-5,10-11H2,1-3H3,(H,16,17,18);2-6H,1H3;1-2H3. The van der Waals surface area contributed by atoms with E-state index < -0.39 is 0 Å². The minimum Gasteiger partial charge on any atom is -0.497 e.